The van der Waals surface area contributed by atoms with Gasteiger partial charge in [0.15, 0.2) is 0 Å². The number of hydrogen-bond donors (Lipinski definition) is 1. The van der Waals surface area contributed by atoms with Crippen LogP contribution in [0.25, 0.3) is 0 Å². The van der Waals surface area contributed by atoms with Crippen molar-refractivity contribution >= 4 is 23.4 Å². The van der Waals surface area contributed by atoms with Crippen molar-refractivity contribution in [3.63, 3.8) is 0 Å². The standard InChI is InChI=1S/C19H17ClF3N3O4/c1-9(10-4-3-5-11(15(10)21)16(22)23)24-17-14(18-29-6-7-30-18)12(8-13(27)28-2)25-19(20)26-17/h3-7,9,16,18H,8H2,1-2H3,(H,24,25,26)/t9-/m1/s1. The normalized spacial score (nSPS) is 14.4. The molecule has 0 fully saturated rings. The molecule has 1 aromatic heterocycles. The number of nitrogens with one attached hydrogen (secondary N) is 1. The van der Waals surface area contributed by atoms with Crippen molar-refractivity contribution < 1.29 is 32.2 Å². The van der Waals surface area contributed by atoms with Gasteiger partial charge in [-0.25, -0.2) is 23.1 Å². The summed E-state index contributed by atoms with van der Waals surface area (Å²) in [5.41, 5.74) is -0.298. The summed E-state index contributed by atoms with van der Waals surface area (Å²) in [5.74, 6) is -1.53. The molecule has 160 valence electrons. The summed E-state index contributed by atoms with van der Waals surface area (Å²) >= 11 is 6.00. The number of aromatic nitrogens is 2. The first-order valence-corrected chi connectivity index (χ1v) is 9.11. The Hall–Kier alpha value is -3.01. The lowest BCUT2D eigenvalue weighted by Gasteiger charge is -2.22. The number of anilines is 1. The molecule has 7 nitrogen and oxygen atoms in total. The van der Waals surface area contributed by atoms with Crippen molar-refractivity contribution in [3.8, 4) is 0 Å². The van der Waals surface area contributed by atoms with E-state index in [0.29, 0.717) is 0 Å². The summed E-state index contributed by atoms with van der Waals surface area (Å²) in [7, 11) is 1.22. The maximum atomic E-state index is 14.6. The van der Waals surface area contributed by atoms with E-state index in [2.05, 4.69) is 20.0 Å². The van der Waals surface area contributed by atoms with Gasteiger partial charge in [0.25, 0.3) is 12.7 Å². The van der Waals surface area contributed by atoms with Gasteiger partial charge >= 0.3 is 5.97 Å². The summed E-state index contributed by atoms with van der Waals surface area (Å²) in [4.78, 5) is 19.9. The number of halogens is 4. The number of esters is 1. The van der Waals surface area contributed by atoms with Gasteiger partial charge in [-0.2, -0.15) is 0 Å². The average molecular weight is 444 g/mol. The number of benzene rings is 1. The second kappa shape index (κ2) is 9.21. The largest absolute Gasteiger partial charge is 0.469 e. The van der Waals surface area contributed by atoms with Crippen LogP contribution in [0.2, 0.25) is 5.28 Å². The summed E-state index contributed by atoms with van der Waals surface area (Å²) in [6.45, 7) is 1.56. The van der Waals surface area contributed by atoms with Crippen molar-refractivity contribution in [1.82, 2.24) is 9.97 Å². The Bertz CT molecular complexity index is 966. The fourth-order valence-corrected chi connectivity index (χ4v) is 3.10. The van der Waals surface area contributed by atoms with E-state index < -0.39 is 36.1 Å². The predicted octanol–water partition coefficient (Wildman–Crippen LogP) is 4.61. The number of ether oxygens (including phenoxy) is 3. The van der Waals surface area contributed by atoms with E-state index in [9.17, 15) is 18.0 Å². The van der Waals surface area contributed by atoms with Crippen LogP contribution >= 0.6 is 11.6 Å². The minimum Gasteiger partial charge on any atom is -0.469 e. The first-order chi connectivity index (χ1) is 14.3. The van der Waals surface area contributed by atoms with Gasteiger partial charge in [0.1, 0.15) is 24.2 Å². The molecule has 3 rings (SSSR count). The van der Waals surface area contributed by atoms with Gasteiger partial charge in [-0.05, 0) is 18.5 Å². The third kappa shape index (κ3) is 4.59. The summed E-state index contributed by atoms with van der Waals surface area (Å²) in [5, 5.41) is 2.73. The zero-order valence-electron chi connectivity index (χ0n) is 15.9. The van der Waals surface area contributed by atoms with Gasteiger partial charge in [-0.3, -0.25) is 4.79 Å². The number of carbonyl (C=O) groups excluding carboxylic acids is 1. The van der Waals surface area contributed by atoms with E-state index in [4.69, 9.17) is 21.1 Å². The average Bonchev–Trinajstić information content (AvgIpc) is 3.21. The second-order valence-electron chi connectivity index (χ2n) is 6.25. The van der Waals surface area contributed by atoms with Crippen LogP contribution in [0.15, 0.2) is 30.7 Å². The van der Waals surface area contributed by atoms with Crippen molar-refractivity contribution in [1.29, 1.82) is 0 Å². The van der Waals surface area contributed by atoms with Gasteiger partial charge in [-0.1, -0.05) is 18.2 Å². The molecule has 11 heteroatoms. The maximum absolute atomic E-state index is 14.6. The lowest BCUT2D eigenvalue weighted by Crippen LogP contribution is -2.18. The topological polar surface area (TPSA) is 82.6 Å². The lowest BCUT2D eigenvalue weighted by molar-refractivity contribution is -0.139. The van der Waals surface area contributed by atoms with Gasteiger partial charge in [0, 0.05) is 5.56 Å². The molecule has 0 amide bonds. The molecule has 0 spiro atoms. The number of rotatable bonds is 7. The van der Waals surface area contributed by atoms with Crippen LogP contribution in [0.3, 0.4) is 0 Å². The molecule has 30 heavy (non-hydrogen) atoms. The van der Waals surface area contributed by atoms with Crippen LogP contribution in [0, 0.1) is 5.82 Å². The molecule has 0 bridgehead atoms. The third-order valence-electron chi connectivity index (χ3n) is 4.35. The molecule has 2 heterocycles. The molecule has 0 radical (unpaired) electrons. The van der Waals surface area contributed by atoms with E-state index in [1.165, 1.54) is 31.8 Å². The van der Waals surface area contributed by atoms with Crippen LogP contribution < -0.4 is 5.32 Å². The van der Waals surface area contributed by atoms with Crippen LogP contribution in [0.4, 0.5) is 19.0 Å². The SMILES string of the molecule is COC(=O)Cc1nc(Cl)nc(N[C@H](C)c2cccc(C(F)F)c2F)c1C1OC=CO1. The van der Waals surface area contributed by atoms with Gasteiger partial charge in [0.2, 0.25) is 5.28 Å². The van der Waals surface area contributed by atoms with Crippen molar-refractivity contribution in [2.75, 3.05) is 12.4 Å². The number of alkyl halides is 2. The van der Waals surface area contributed by atoms with Gasteiger partial charge in [0.05, 0.1) is 36.4 Å². The zero-order chi connectivity index (χ0) is 21.8. The first kappa shape index (κ1) is 21.7. The van der Waals surface area contributed by atoms with Gasteiger partial charge < -0.3 is 19.5 Å². The highest BCUT2D eigenvalue weighted by Crippen LogP contribution is 2.35. The Kier molecular flexibility index (Phi) is 6.66. The van der Waals surface area contributed by atoms with E-state index in [-0.39, 0.29) is 34.3 Å². The van der Waals surface area contributed by atoms with Crippen molar-refractivity contribution in [3.05, 3.63) is 64.2 Å². The Morgan fingerprint density at radius 3 is 2.57 bits per heavy atom. The minimum absolute atomic E-state index is 0.00520. The third-order valence-corrected chi connectivity index (χ3v) is 4.51. The molecule has 0 saturated heterocycles. The molecule has 1 aromatic carbocycles. The smallest absolute Gasteiger partial charge is 0.311 e. The fourth-order valence-electron chi connectivity index (χ4n) is 2.92. The number of methoxy groups -OCH3 is 1. The Balaban J connectivity index is 2.00. The van der Waals surface area contributed by atoms with E-state index in [1.54, 1.807) is 6.92 Å². The Labute approximate surface area is 174 Å². The molecule has 0 saturated carbocycles. The number of carbonyl (C=O) groups is 1. The van der Waals surface area contributed by atoms with Gasteiger partial charge in [-0.15, -0.1) is 0 Å². The van der Waals surface area contributed by atoms with E-state index >= 15 is 0 Å². The number of hydrogen-bond acceptors (Lipinski definition) is 7. The molecule has 1 N–H and O–H groups in total. The summed E-state index contributed by atoms with van der Waals surface area (Å²) in [6.07, 6.45) is -1.62. The van der Waals surface area contributed by atoms with E-state index in [1.807, 2.05) is 0 Å². The molecule has 0 unspecified atom stereocenters. The quantitative estimate of drug-likeness (QED) is 0.494. The second-order valence-corrected chi connectivity index (χ2v) is 6.59. The van der Waals surface area contributed by atoms with E-state index in [0.717, 1.165) is 6.07 Å². The van der Waals surface area contributed by atoms with Crippen molar-refractivity contribution in [2.24, 2.45) is 0 Å². The molecule has 0 aliphatic carbocycles. The molecule has 1 aliphatic rings. The Morgan fingerprint density at radius 2 is 1.93 bits per heavy atom. The lowest BCUT2D eigenvalue weighted by atomic mass is 10.0. The summed E-state index contributed by atoms with van der Waals surface area (Å²) in [6, 6.07) is 2.93. The molecule has 2 aromatic rings. The fraction of sp³-hybridized carbons (Fsp3) is 0.316. The maximum Gasteiger partial charge on any atom is 0.311 e. The monoisotopic (exact) mass is 443 g/mol. The van der Waals surface area contributed by atoms with Crippen molar-refractivity contribution in [2.45, 2.75) is 32.1 Å². The van der Waals surface area contributed by atoms with Crippen LogP contribution in [0.5, 0.6) is 0 Å². The highest BCUT2D eigenvalue weighted by Gasteiger charge is 2.29. The predicted molar refractivity (Wildman–Crippen MR) is 100 cm³/mol. The molecule has 1 aliphatic heterocycles. The van der Waals surface area contributed by atoms with Crippen LogP contribution in [-0.2, 0) is 25.4 Å². The molecular formula is C19H17ClF3N3O4. The highest BCUT2D eigenvalue weighted by atomic mass is 35.5. The Morgan fingerprint density at radius 1 is 1.27 bits per heavy atom. The van der Waals surface area contributed by atoms with Crippen LogP contribution in [0.1, 0.15) is 48.1 Å². The molecular weight excluding hydrogens is 427 g/mol. The molecule has 1 atom stereocenters. The minimum atomic E-state index is -2.96. The number of nitrogens with zero attached hydrogens (tertiary/aromatic N) is 2. The summed E-state index contributed by atoms with van der Waals surface area (Å²) < 4.78 is 56.0. The first-order valence-electron chi connectivity index (χ1n) is 8.73. The highest BCUT2D eigenvalue weighted by molar-refractivity contribution is 6.28. The van der Waals surface area contributed by atoms with Crippen LogP contribution in [-0.4, -0.2) is 23.0 Å². The zero-order valence-corrected chi connectivity index (χ0v) is 16.6.